The molecule has 1 aromatic carbocycles. The van der Waals surface area contributed by atoms with Crippen molar-refractivity contribution in [2.45, 2.75) is 11.3 Å². The Morgan fingerprint density at radius 3 is 2.35 bits per heavy atom. The van der Waals surface area contributed by atoms with Gasteiger partial charge >= 0.3 is 0 Å². The zero-order chi connectivity index (χ0) is 16.4. The minimum absolute atomic E-state index is 0. The summed E-state index contributed by atoms with van der Waals surface area (Å²) in [4.78, 5) is 12.0. The Labute approximate surface area is 143 Å². The van der Waals surface area contributed by atoms with E-state index in [-0.39, 0.29) is 29.8 Å². The molecule has 1 amide bonds. The van der Waals surface area contributed by atoms with Crippen molar-refractivity contribution in [3.05, 3.63) is 29.8 Å². The van der Waals surface area contributed by atoms with E-state index in [0.29, 0.717) is 18.7 Å². The summed E-state index contributed by atoms with van der Waals surface area (Å²) in [5.41, 5.74) is 0.431. The van der Waals surface area contributed by atoms with E-state index in [1.165, 1.54) is 31.4 Å². The first kappa shape index (κ1) is 21.8. The van der Waals surface area contributed by atoms with Gasteiger partial charge in [-0.1, -0.05) is 0 Å². The number of amides is 1. The second-order valence-electron chi connectivity index (χ2n) is 4.63. The quantitative estimate of drug-likeness (QED) is 0.521. The minimum Gasteiger partial charge on any atom is -0.383 e. The summed E-state index contributed by atoms with van der Waals surface area (Å²) >= 11 is 0. The Hall–Kier alpha value is -1.19. The van der Waals surface area contributed by atoms with Gasteiger partial charge in [0.05, 0.1) is 11.5 Å². The van der Waals surface area contributed by atoms with Crippen LogP contribution in [0.2, 0.25) is 0 Å². The van der Waals surface area contributed by atoms with Gasteiger partial charge < -0.3 is 15.4 Å². The third-order valence-corrected chi connectivity index (χ3v) is 4.39. The van der Waals surface area contributed by atoms with Crippen molar-refractivity contribution in [1.82, 2.24) is 15.4 Å². The van der Waals surface area contributed by atoms with E-state index in [1.54, 1.807) is 0 Å². The molecule has 0 aliphatic carbocycles. The number of rotatable bonds is 10. The van der Waals surface area contributed by atoms with Crippen LogP contribution in [-0.4, -0.2) is 54.7 Å². The average Bonchev–Trinajstić information content (AvgIpc) is 2.51. The topological polar surface area (TPSA) is 96.5 Å². The van der Waals surface area contributed by atoms with Gasteiger partial charge in [-0.05, 0) is 44.3 Å². The highest BCUT2D eigenvalue weighted by Crippen LogP contribution is 2.10. The van der Waals surface area contributed by atoms with Gasteiger partial charge in [-0.2, -0.15) is 0 Å². The first-order chi connectivity index (χ1) is 10.5. The van der Waals surface area contributed by atoms with Crippen LogP contribution >= 0.6 is 12.4 Å². The molecule has 0 saturated heterocycles. The van der Waals surface area contributed by atoms with E-state index in [1.807, 2.05) is 7.05 Å². The van der Waals surface area contributed by atoms with Gasteiger partial charge in [-0.15, -0.1) is 12.4 Å². The Kier molecular flexibility index (Phi) is 10.8. The van der Waals surface area contributed by atoms with Crippen molar-refractivity contribution in [2.75, 3.05) is 40.4 Å². The lowest BCUT2D eigenvalue weighted by Gasteiger charge is -2.08. The number of hydrogen-bond donors (Lipinski definition) is 3. The van der Waals surface area contributed by atoms with E-state index in [4.69, 9.17) is 4.74 Å². The number of methoxy groups -OCH3 is 1. The molecular weight excluding hydrogens is 342 g/mol. The molecule has 1 rings (SSSR count). The number of carbonyl (C=O) groups is 1. The number of halogens is 1. The zero-order valence-electron chi connectivity index (χ0n) is 13.3. The van der Waals surface area contributed by atoms with Crippen LogP contribution in [0.15, 0.2) is 29.2 Å². The minimum atomic E-state index is -3.57. The second-order valence-corrected chi connectivity index (χ2v) is 6.39. The molecule has 0 saturated carbocycles. The lowest BCUT2D eigenvalue weighted by Crippen LogP contribution is -2.28. The lowest BCUT2D eigenvalue weighted by atomic mass is 10.2. The van der Waals surface area contributed by atoms with E-state index >= 15 is 0 Å². The van der Waals surface area contributed by atoms with Crippen molar-refractivity contribution < 1.29 is 17.9 Å². The maximum absolute atomic E-state index is 12.0. The van der Waals surface area contributed by atoms with Crippen LogP contribution < -0.4 is 15.4 Å². The Morgan fingerprint density at radius 1 is 1.13 bits per heavy atom. The molecule has 23 heavy (non-hydrogen) atoms. The van der Waals surface area contributed by atoms with Crippen molar-refractivity contribution in [3.63, 3.8) is 0 Å². The molecule has 0 aliphatic rings. The van der Waals surface area contributed by atoms with Crippen LogP contribution in [0.1, 0.15) is 16.8 Å². The van der Waals surface area contributed by atoms with Gasteiger partial charge in [0.15, 0.2) is 0 Å². The van der Waals surface area contributed by atoms with Crippen LogP contribution in [0, 0.1) is 0 Å². The molecule has 0 bridgehead atoms. The lowest BCUT2D eigenvalue weighted by molar-refractivity contribution is 0.0953. The highest BCUT2D eigenvalue weighted by molar-refractivity contribution is 7.89. The fraction of sp³-hybridized carbons (Fsp3) is 0.500. The Bertz CT molecular complexity index is 564. The van der Waals surface area contributed by atoms with E-state index in [0.717, 1.165) is 13.0 Å². The van der Waals surface area contributed by atoms with Crippen LogP contribution in [0.5, 0.6) is 0 Å². The summed E-state index contributed by atoms with van der Waals surface area (Å²) in [7, 11) is -0.222. The van der Waals surface area contributed by atoms with Gasteiger partial charge in [-0.25, -0.2) is 13.1 Å². The average molecular weight is 366 g/mol. The van der Waals surface area contributed by atoms with Crippen LogP contribution in [-0.2, 0) is 14.8 Å². The summed E-state index contributed by atoms with van der Waals surface area (Å²) in [6, 6.07) is 5.83. The molecule has 7 nitrogen and oxygen atoms in total. The monoisotopic (exact) mass is 365 g/mol. The van der Waals surface area contributed by atoms with Crippen molar-refractivity contribution in [1.29, 1.82) is 0 Å². The third-order valence-electron chi connectivity index (χ3n) is 2.91. The number of ether oxygens (including phenoxy) is 1. The molecule has 3 N–H and O–H groups in total. The first-order valence-electron chi connectivity index (χ1n) is 7.02. The summed E-state index contributed by atoms with van der Waals surface area (Å²) in [6.07, 6.45) is 0.831. The standard InChI is InChI=1S/C14H23N3O4S.ClH/c1-15-8-3-9-16-14(18)12-4-6-13(7-5-12)22(19,20)17-10-11-21-2;/h4-7,15,17H,3,8-11H2,1-2H3,(H,16,18);1H. The Morgan fingerprint density at radius 2 is 1.78 bits per heavy atom. The van der Waals surface area contributed by atoms with Crippen molar-refractivity contribution in [2.24, 2.45) is 0 Å². The smallest absolute Gasteiger partial charge is 0.251 e. The molecule has 0 spiro atoms. The number of carbonyl (C=O) groups excluding carboxylic acids is 1. The Balaban J connectivity index is 0.00000484. The van der Waals surface area contributed by atoms with Gasteiger partial charge in [-0.3, -0.25) is 4.79 Å². The predicted octanol–water partition coefficient (Wildman–Crippen LogP) is 0.372. The molecule has 0 heterocycles. The summed E-state index contributed by atoms with van der Waals surface area (Å²) in [5, 5.41) is 5.77. The number of hydrogen-bond acceptors (Lipinski definition) is 5. The maximum atomic E-state index is 12.0. The van der Waals surface area contributed by atoms with Gasteiger partial charge in [0.25, 0.3) is 5.91 Å². The SMILES string of the molecule is CNCCCNC(=O)c1ccc(S(=O)(=O)NCCOC)cc1.Cl. The molecule has 9 heteroatoms. The fourth-order valence-corrected chi connectivity index (χ4v) is 2.73. The summed E-state index contributed by atoms with van der Waals surface area (Å²) < 4.78 is 31.1. The second kappa shape index (κ2) is 11.4. The molecule has 0 fully saturated rings. The molecule has 0 aliphatic heterocycles. The van der Waals surface area contributed by atoms with E-state index in [9.17, 15) is 13.2 Å². The maximum Gasteiger partial charge on any atom is 0.251 e. The molecule has 0 unspecified atom stereocenters. The first-order valence-corrected chi connectivity index (χ1v) is 8.51. The van der Waals surface area contributed by atoms with Crippen molar-refractivity contribution >= 4 is 28.3 Å². The predicted molar refractivity (Wildman–Crippen MR) is 91.6 cm³/mol. The third kappa shape index (κ3) is 7.76. The molecular formula is C14H24ClN3O4S. The number of nitrogens with one attached hydrogen (secondary N) is 3. The normalized spacial score (nSPS) is 10.9. The molecule has 0 radical (unpaired) electrons. The fourth-order valence-electron chi connectivity index (χ4n) is 1.72. The van der Waals surface area contributed by atoms with Gasteiger partial charge in [0.1, 0.15) is 0 Å². The molecule has 0 aromatic heterocycles. The summed E-state index contributed by atoms with van der Waals surface area (Å²) in [6.45, 7) is 1.89. The number of sulfonamides is 1. The van der Waals surface area contributed by atoms with E-state index in [2.05, 4.69) is 15.4 Å². The highest BCUT2D eigenvalue weighted by Gasteiger charge is 2.14. The van der Waals surface area contributed by atoms with E-state index < -0.39 is 10.0 Å². The van der Waals surface area contributed by atoms with Crippen LogP contribution in [0.25, 0.3) is 0 Å². The van der Waals surface area contributed by atoms with Gasteiger partial charge in [0, 0.05) is 25.8 Å². The molecule has 1 aromatic rings. The van der Waals surface area contributed by atoms with Crippen molar-refractivity contribution in [3.8, 4) is 0 Å². The van der Waals surface area contributed by atoms with Gasteiger partial charge in [0.2, 0.25) is 10.0 Å². The molecule has 0 atom stereocenters. The number of benzene rings is 1. The zero-order valence-corrected chi connectivity index (χ0v) is 14.9. The van der Waals surface area contributed by atoms with Crippen LogP contribution in [0.4, 0.5) is 0 Å². The largest absolute Gasteiger partial charge is 0.383 e. The highest BCUT2D eigenvalue weighted by atomic mass is 35.5. The summed E-state index contributed by atoms with van der Waals surface area (Å²) in [5.74, 6) is -0.215. The molecule has 132 valence electrons. The van der Waals surface area contributed by atoms with Crippen LogP contribution in [0.3, 0.4) is 0 Å².